The molecule has 2 aromatic rings. The molecule has 146 valence electrons. The minimum absolute atomic E-state index is 0.126. The van der Waals surface area contributed by atoms with E-state index in [-0.39, 0.29) is 17.9 Å². The summed E-state index contributed by atoms with van der Waals surface area (Å²) in [4.78, 5) is 20.5. The van der Waals surface area contributed by atoms with E-state index < -0.39 is 0 Å². The molecule has 0 radical (unpaired) electrons. The van der Waals surface area contributed by atoms with Crippen molar-refractivity contribution in [3.8, 4) is 0 Å². The van der Waals surface area contributed by atoms with Crippen molar-refractivity contribution in [2.45, 2.75) is 38.3 Å². The summed E-state index contributed by atoms with van der Waals surface area (Å²) >= 11 is 12.3. The van der Waals surface area contributed by atoms with Crippen LogP contribution < -0.4 is 0 Å². The molecule has 1 atom stereocenters. The van der Waals surface area contributed by atoms with E-state index in [0.29, 0.717) is 29.6 Å². The molecule has 2 aliphatic rings. The summed E-state index contributed by atoms with van der Waals surface area (Å²) in [5.41, 5.74) is 2.83. The van der Waals surface area contributed by atoms with Crippen molar-refractivity contribution < 1.29 is 9.63 Å². The smallest absolute Gasteiger partial charge is 0.226 e. The van der Waals surface area contributed by atoms with Gasteiger partial charge in [0.1, 0.15) is 0 Å². The Labute approximate surface area is 175 Å². The summed E-state index contributed by atoms with van der Waals surface area (Å²) in [5, 5.41) is 5.61. The maximum atomic E-state index is 13.0. The average Bonchev–Trinajstić information content (AvgIpc) is 3.10. The van der Waals surface area contributed by atoms with Crippen LogP contribution in [0.5, 0.6) is 0 Å². The van der Waals surface area contributed by atoms with Gasteiger partial charge >= 0.3 is 0 Å². The maximum Gasteiger partial charge on any atom is 0.226 e. The number of hydrogen-bond donors (Lipinski definition) is 0. The highest BCUT2D eigenvalue weighted by molar-refractivity contribution is 6.31. The van der Waals surface area contributed by atoms with Gasteiger partial charge in [-0.3, -0.25) is 4.79 Å². The standard InChI is InChI=1S/C22H22Cl2N2O2/c23-18-10-8-15(9-11-18)21-12-19(28-25-21)14-26(22(27)16-5-3-6-16)13-17-4-1-2-7-20(17)24/h1-2,4,7-11,16,19H,3,5-6,12-14H2/t19-/m1/s1. The summed E-state index contributed by atoms with van der Waals surface area (Å²) in [7, 11) is 0. The van der Waals surface area contributed by atoms with Crippen LogP contribution in [-0.2, 0) is 16.2 Å². The van der Waals surface area contributed by atoms with Crippen LogP contribution >= 0.6 is 23.2 Å². The summed E-state index contributed by atoms with van der Waals surface area (Å²) in [6, 6.07) is 15.2. The zero-order chi connectivity index (χ0) is 19.5. The molecule has 28 heavy (non-hydrogen) atoms. The minimum Gasteiger partial charge on any atom is -0.390 e. The summed E-state index contributed by atoms with van der Waals surface area (Å²) in [6.07, 6.45) is 3.57. The van der Waals surface area contributed by atoms with Gasteiger partial charge in [0.2, 0.25) is 5.91 Å². The van der Waals surface area contributed by atoms with Crippen molar-refractivity contribution in [2.75, 3.05) is 6.54 Å². The lowest BCUT2D eigenvalue weighted by molar-refractivity contribution is -0.140. The molecule has 1 aliphatic carbocycles. The van der Waals surface area contributed by atoms with Crippen LogP contribution in [0, 0.1) is 5.92 Å². The van der Waals surface area contributed by atoms with Crippen LogP contribution in [-0.4, -0.2) is 29.2 Å². The normalized spacial score (nSPS) is 18.9. The van der Waals surface area contributed by atoms with Crippen LogP contribution in [0.2, 0.25) is 10.0 Å². The number of oxime groups is 1. The Morgan fingerprint density at radius 3 is 2.54 bits per heavy atom. The van der Waals surface area contributed by atoms with Gasteiger partial charge in [-0.15, -0.1) is 0 Å². The lowest BCUT2D eigenvalue weighted by atomic mass is 9.84. The Morgan fingerprint density at radius 2 is 1.86 bits per heavy atom. The SMILES string of the molecule is O=C(C1CCC1)N(Cc1ccccc1Cl)C[C@H]1CC(c2ccc(Cl)cc2)=NO1. The molecule has 0 bridgehead atoms. The molecular weight excluding hydrogens is 395 g/mol. The Hall–Kier alpha value is -2.04. The third-order valence-electron chi connectivity index (χ3n) is 5.42. The Balaban J connectivity index is 1.44. The number of carbonyl (C=O) groups is 1. The van der Waals surface area contributed by atoms with E-state index in [0.717, 1.165) is 36.1 Å². The Kier molecular flexibility index (Phi) is 5.88. The van der Waals surface area contributed by atoms with Gasteiger partial charge in [0.05, 0.1) is 12.3 Å². The van der Waals surface area contributed by atoms with Gasteiger partial charge in [0, 0.05) is 28.9 Å². The molecule has 0 aromatic heterocycles. The zero-order valence-corrected chi connectivity index (χ0v) is 17.0. The van der Waals surface area contributed by atoms with Gasteiger partial charge in [-0.25, -0.2) is 0 Å². The molecule has 6 heteroatoms. The predicted molar refractivity (Wildman–Crippen MR) is 112 cm³/mol. The minimum atomic E-state index is -0.155. The van der Waals surface area contributed by atoms with E-state index in [2.05, 4.69) is 5.16 Å². The van der Waals surface area contributed by atoms with Gasteiger partial charge < -0.3 is 9.74 Å². The lowest BCUT2D eigenvalue weighted by Gasteiger charge is -2.33. The molecular formula is C22H22Cl2N2O2. The van der Waals surface area contributed by atoms with Gasteiger partial charge in [0.15, 0.2) is 6.10 Å². The quantitative estimate of drug-likeness (QED) is 0.639. The molecule has 4 nitrogen and oxygen atoms in total. The first kappa shape index (κ1) is 19.3. The maximum absolute atomic E-state index is 13.0. The van der Waals surface area contributed by atoms with Gasteiger partial charge in [0.25, 0.3) is 0 Å². The monoisotopic (exact) mass is 416 g/mol. The predicted octanol–water partition coefficient (Wildman–Crippen LogP) is 5.32. The largest absolute Gasteiger partial charge is 0.390 e. The fourth-order valence-corrected chi connectivity index (χ4v) is 3.88. The van der Waals surface area contributed by atoms with E-state index in [1.165, 1.54) is 0 Å². The summed E-state index contributed by atoms with van der Waals surface area (Å²) < 4.78 is 0. The van der Waals surface area contributed by atoms with Gasteiger partial charge in [-0.2, -0.15) is 0 Å². The van der Waals surface area contributed by atoms with Crippen molar-refractivity contribution >= 4 is 34.8 Å². The van der Waals surface area contributed by atoms with Crippen molar-refractivity contribution in [3.05, 3.63) is 69.7 Å². The lowest BCUT2D eigenvalue weighted by Crippen LogP contribution is -2.42. The molecule has 0 N–H and O–H groups in total. The topological polar surface area (TPSA) is 41.9 Å². The van der Waals surface area contributed by atoms with Crippen LogP contribution in [0.1, 0.15) is 36.8 Å². The van der Waals surface area contributed by atoms with E-state index >= 15 is 0 Å². The van der Waals surface area contributed by atoms with Gasteiger partial charge in [-0.05, 0) is 42.2 Å². The molecule has 0 spiro atoms. The van der Waals surface area contributed by atoms with E-state index in [1.54, 1.807) is 0 Å². The van der Waals surface area contributed by atoms with Crippen molar-refractivity contribution in [1.29, 1.82) is 0 Å². The molecule has 2 aromatic carbocycles. The second-order valence-electron chi connectivity index (χ2n) is 7.41. The zero-order valence-electron chi connectivity index (χ0n) is 15.5. The van der Waals surface area contributed by atoms with Crippen molar-refractivity contribution in [3.63, 3.8) is 0 Å². The number of amides is 1. The van der Waals surface area contributed by atoms with Crippen molar-refractivity contribution in [2.24, 2.45) is 11.1 Å². The highest BCUT2D eigenvalue weighted by Gasteiger charge is 2.33. The molecule has 1 fully saturated rings. The fourth-order valence-electron chi connectivity index (χ4n) is 3.56. The van der Waals surface area contributed by atoms with E-state index in [4.69, 9.17) is 28.0 Å². The summed E-state index contributed by atoms with van der Waals surface area (Å²) in [6.45, 7) is 0.992. The molecule has 0 saturated heterocycles. The van der Waals surface area contributed by atoms with Crippen LogP contribution in [0.3, 0.4) is 0 Å². The molecule has 1 heterocycles. The Bertz CT molecular complexity index is 878. The van der Waals surface area contributed by atoms with Crippen LogP contribution in [0.25, 0.3) is 0 Å². The fraction of sp³-hybridized carbons (Fsp3) is 0.364. The first-order valence-corrected chi connectivity index (χ1v) is 10.4. The number of rotatable bonds is 6. The van der Waals surface area contributed by atoms with E-state index in [1.807, 2.05) is 53.4 Å². The molecule has 0 unspecified atom stereocenters. The number of hydrogen-bond acceptors (Lipinski definition) is 3. The number of nitrogens with zero attached hydrogens (tertiary/aromatic N) is 2. The number of halogens is 2. The average molecular weight is 417 g/mol. The number of benzene rings is 2. The van der Waals surface area contributed by atoms with Gasteiger partial charge in [-0.1, -0.05) is 65.1 Å². The second-order valence-corrected chi connectivity index (χ2v) is 8.26. The summed E-state index contributed by atoms with van der Waals surface area (Å²) in [5.74, 6) is 0.315. The highest BCUT2D eigenvalue weighted by Crippen LogP contribution is 2.30. The van der Waals surface area contributed by atoms with Crippen LogP contribution in [0.4, 0.5) is 0 Å². The molecule has 4 rings (SSSR count). The first-order chi connectivity index (χ1) is 13.6. The first-order valence-electron chi connectivity index (χ1n) is 9.61. The Morgan fingerprint density at radius 1 is 1.11 bits per heavy atom. The molecule has 1 amide bonds. The van der Waals surface area contributed by atoms with Crippen molar-refractivity contribution in [1.82, 2.24) is 4.90 Å². The third kappa shape index (κ3) is 4.34. The number of carbonyl (C=O) groups excluding carboxylic acids is 1. The molecule has 1 aliphatic heterocycles. The van der Waals surface area contributed by atoms with E-state index in [9.17, 15) is 4.79 Å². The van der Waals surface area contributed by atoms with Crippen LogP contribution in [0.15, 0.2) is 53.7 Å². The second kappa shape index (κ2) is 8.54. The molecule has 1 saturated carbocycles. The third-order valence-corrected chi connectivity index (χ3v) is 6.04. The highest BCUT2D eigenvalue weighted by atomic mass is 35.5.